The van der Waals surface area contributed by atoms with E-state index in [1.807, 2.05) is 25.2 Å². The summed E-state index contributed by atoms with van der Waals surface area (Å²) in [5.74, 6) is 1.22. The van der Waals surface area contributed by atoms with E-state index in [9.17, 15) is 9.90 Å². The van der Waals surface area contributed by atoms with Crippen molar-refractivity contribution < 1.29 is 5.11 Å². The number of hydrogen-bond acceptors (Lipinski definition) is 8. The average molecular weight is 432 g/mol. The second-order valence-electron chi connectivity index (χ2n) is 8.06. The molecule has 0 radical (unpaired) electrons. The first-order chi connectivity index (χ1) is 15.3. The van der Waals surface area contributed by atoms with E-state index in [0.29, 0.717) is 34.7 Å². The smallest absolute Gasteiger partial charge is 0.264 e. The average Bonchev–Trinajstić information content (AvgIpc) is 2.79. The molecule has 9 heteroatoms. The fourth-order valence-corrected chi connectivity index (χ4v) is 3.27. The monoisotopic (exact) mass is 431 g/mol. The highest BCUT2D eigenvalue weighted by atomic mass is 16.3. The van der Waals surface area contributed by atoms with Crippen LogP contribution in [0.3, 0.4) is 0 Å². The number of aromatic nitrogens is 5. The molecular weight excluding hydrogens is 406 g/mol. The lowest BCUT2D eigenvalue weighted by Crippen LogP contribution is -2.19. The van der Waals surface area contributed by atoms with Crippen molar-refractivity contribution in [3.63, 3.8) is 0 Å². The second-order valence-corrected chi connectivity index (χ2v) is 8.06. The van der Waals surface area contributed by atoms with E-state index in [0.717, 1.165) is 16.9 Å². The van der Waals surface area contributed by atoms with Crippen LogP contribution in [0.2, 0.25) is 0 Å². The Bertz CT molecular complexity index is 1310. The number of nitrogens with one attached hydrogen (secondary N) is 2. The Morgan fingerprint density at radius 3 is 2.53 bits per heavy atom. The van der Waals surface area contributed by atoms with Gasteiger partial charge in [0.05, 0.1) is 23.2 Å². The van der Waals surface area contributed by atoms with Crippen LogP contribution < -0.4 is 16.2 Å². The van der Waals surface area contributed by atoms with Crippen molar-refractivity contribution >= 4 is 22.5 Å². The number of fused-ring (bicyclic) bond motifs is 1. The van der Waals surface area contributed by atoms with E-state index in [2.05, 4.69) is 25.6 Å². The number of rotatable bonds is 6. The maximum atomic E-state index is 12.8. The van der Waals surface area contributed by atoms with Crippen LogP contribution in [0.25, 0.3) is 22.2 Å². The molecule has 4 rings (SSSR count). The number of pyridine rings is 3. The molecule has 3 N–H and O–H groups in total. The number of aryl methyl sites for hydroxylation is 1. The molecule has 4 aromatic heterocycles. The van der Waals surface area contributed by atoms with E-state index in [-0.39, 0.29) is 5.56 Å². The second kappa shape index (κ2) is 8.35. The number of nitrogens with zero attached hydrogens (tertiary/aromatic N) is 5. The third kappa shape index (κ3) is 4.28. The van der Waals surface area contributed by atoms with Gasteiger partial charge < -0.3 is 20.3 Å². The highest BCUT2D eigenvalue weighted by molar-refractivity contribution is 5.91. The highest BCUT2D eigenvalue weighted by Crippen LogP contribution is 2.26. The van der Waals surface area contributed by atoms with E-state index < -0.39 is 5.60 Å². The number of hydrogen-bond donors (Lipinski definition) is 3. The van der Waals surface area contributed by atoms with E-state index in [4.69, 9.17) is 4.98 Å². The molecule has 0 unspecified atom stereocenters. The standard InChI is InChI=1S/C23H25N7O2/c1-23(2,32)18-7-6-15(12-25-18)16-9-17-20(22(31)30(4)13-28-17)21(29-16)27-11-14-5-8-19(24-3)26-10-14/h5-10,12-13,32H,11H2,1-4H3,(H,24,26)(H,27,29). The number of aliphatic hydroxyl groups is 1. The summed E-state index contributed by atoms with van der Waals surface area (Å²) in [7, 11) is 3.47. The summed E-state index contributed by atoms with van der Waals surface area (Å²) in [6.07, 6.45) is 4.92. The molecule has 164 valence electrons. The zero-order chi connectivity index (χ0) is 22.9. The van der Waals surface area contributed by atoms with Crippen LogP contribution >= 0.6 is 0 Å². The molecule has 0 fully saturated rings. The molecule has 32 heavy (non-hydrogen) atoms. The molecule has 0 amide bonds. The maximum Gasteiger partial charge on any atom is 0.264 e. The van der Waals surface area contributed by atoms with Crippen molar-refractivity contribution in [3.05, 3.63) is 70.7 Å². The van der Waals surface area contributed by atoms with Crippen LogP contribution in [0.5, 0.6) is 0 Å². The van der Waals surface area contributed by atoms with Gasteiger partial charge in [-0.15, -0.1) is 0 Å². The molecule has 0 aliphatic carbocycles. The Morgan fingerprint density at radius 1 is 1.09 bits per heavy atom. The minimum Gasteiger partial charge on any atom is -0.384 e. The summed E-state index contributed by atoms with van der Waals surface area (Å²) in [6.45, 7) is 3.81. The fraction of sp³-hybridized carbons (Fsp3) is 0.261. The van der Waals surface area contributed by atoms with Gasteiger partial charge in [0.15, 0.2) is 0 Å². The molecule has 0 spiro atoms. The Hall–Kier alpha value is -3.85. The fourth-order valence-electron chi connectivity index (χ4n) is 3.27. The van der Waals surface area contributed by atoms with Crippen LogP contribution in [-0.2, 0) is 19.2 Å². The molecule has 4 heterocycles. The molecule has 0 aliphatic heterocycles. The molecule has 0 bridgehead atoms. The number of anilines is 2. The van der Waals surface area contributed by atoms with E-state index >= 15 is 0 Å². The van der Waals surface area contributed by atoms with Crippen LogP contribution in [0, 0.1) is 0 Å². The van der Waals surface area contributed by atoms with Gasteiger partial charge in [-0.05, 0) is 43.7 Å². The summed E-state index contributed by atoms with van der Waals surface area (Å²) in [5.41, 5.74) is 2.20. The van der Waals surface area contributed by atoms with E-state index in [1.54, 1.807) is 45.4 Å². The van der Waals surface area contributed by atoms with Crippen molar-refractivity contribution in [1.82, 2.24) is 24.5 Å². The molecule has 4 aromatic rings. The van der Waals surface area contributed by atoms with Gasteiger partial charge in [0, 0.05) is 38.6 Å². The highest BCUT2D eigenvalue weighted by Gasteiger charge is 2.18. The molecular formula is C23H25N7O2. The molecule has 0 aliphatic rings. The van der Waals surface area contributed by atoms with Gasteiger partial charge in [0.2, 0.25) is 0 Å². The summed E-state index contributed by atoms with van der Waals surface area (Å²) in [4.78, 5) is 30.7. The summed E-state index contributed by atoms with van der Waals surface area (Å²) >= 11 is 0. The minimum atomic E-state index is -1.04. The van der Waals surface area contributed by atoms with Crippen LogP contribution in [-0.4, -0.2) is 36.7 Å². The topological polar surface area (TPSA) is 118 Å². The SMILES string of the molecule is CNc1ccc(CNc2nc(-c3ccc(C(C)(C)O)nc3)cc3ncn(C)c(=O)c23)cn1. The summed E-state index contributed by atoms with van der Waals surface area (Å²) in [6, 6.07) is 9.22. The van der Waals surface area contributed by atoms with Crippen molar-refractivity contribution in [3.8, 4) is 11.3 Å². The Morgan fingerprint density at radius 2 is 1.91 bits per heavy atom. The minimum absolute atomic E-state index is 0.185. The van der Waals surface area contributed by atoms with Crippen LogP contribution in [0.1, 0.15) is 25.1 Å². The van der Waals surface area contributed by atoms with Crippen LogP contribution in [0.15, 0.2) is 53.8 Å². The van der Waals surface area contributed by atoms with Crippen molar-refractivity contribution in [2.45, 2.75) is 26.0 Å². The zero-order valence-electron chi connectivity index (χ0n) is 18.4. The Kier molecular flexibility index (Phi) is 5.58. The third-order valence-electron chi connectivity index (χ3n) is 5.13. The van der Waals surface area contributed by atoms with Crippen molar-refractivity contribution in [1.29, 1.82) is 0 Å². The lowest BCUT2D eigenvalue weighted by molar-refractivity contribution is 0.0739. The third-order valence-corrected chi connectivity index (χ3v) is 5.13. The summed E-state index contributed by atoms with van der Waals surface area (Å²) in [5, 5.41) is 16.8. The molecule has 0 atom stereocenters. The van der Waals surface area contributed by atoms with Crippen LogP contribution in [0.4, 0.5) is 11.6 Å². The molecule has 0 saturated heterocycles. The largest absolute Gasteiger partial charge is 0.384 e. The van der Waals surface area contributed by atoms with Crippen molar-refractivity contribution in [2.24, 2.45) is 7.05 Å². The van der Waals surface area contributed by atoms with Gasteiger partial charge in [-0.25, -0.2) is 15.0 Å². The van der Waals surface area contributed by atoms with Gasteiger partial charge in [-0.1, -0.05) is 6.07 Å². The van der Waals surface area contributed by atoms with Gasteiger partial charge in [0.1, 0.15) is 22.6 Å². The van der Waals surface area contributed by atoms with E-state index in [1.165, 1.54) is 10.9 Å². The first kappa shape index (κ1) is 21.4. The quantitative estimate of drug-likeness (QED) is 0.426. The lowest BCUT2D eigenvalue weighted by atomic mass is 10.0. The van der Waals surface area contributed by atoms with Gasteiger partial charge >= 0.3 is 0 Å². The predicted octanol–water partition coefficient (Wildman–Crippen LogP) is 2.67. The maximum absolute atomic E-state index is 12.8. The molecule has 0 aromatic carbocycles. The predicted molar refractivity (Wildman–Crippen MR) is 124 cm³/mol. The first-order valence-electron chi connectivity index (χ1n) is 10.2. The van der Waals surface area contributed by atoms with Crippen molar-refractivity contribution in [2.75, 3.05) is 17.7 Å². The Labute approximate surface area is 185 Å². The normalized spacial score (nSPS) is 11.5. The van der Waals surface area contributed by atoms with Gasteiger partial charge in [0.25, 0.3) is 5.56 Å². The summed E-state index contributed by atoms with van der Waals surface area (Å²) < 4.78 is 1.43. The molecule has 0 saturated carbocycles. The first-order valence-corrected chi connectivity index (χ1v) is 10.2. The van der Waals surface area contributed by atoms with Gasteiger partial charge in [-0.2, -0.15) is 0 Å². The Balaban J connectivity index is 1.75. The molecule has 9 nitrogen and oxygen atoms in total. The lowest BCUT2D eigenvalue weighted by Gasteiger charge is -2.16. The zero-order valence-corrected chi connectivity index (χ0v) is 18.4. The van der Waals surface area contributed by atoms with Gasteiger partial charge in [-0.3, -0.25) is 9.78 Å².